The van der Waals surface area contributed by atoms with E-state index in [9.17, 15) is 9.59 Å². The van der Waals surface area contributed by atoms with Crippen LogP contribution in [0.1, 0.15) is 44.4 Å². The van der Waals surface area contributed by atoms with E-state index < -0.39 is 5.97 Å². The molecular formula is C16H24N2O3. The molecule has 3 N–H and O–H groups in total. The van der Waals surface area contributed by atoms with Gasteiger partial charge in [0.15, 0.2) is 0 Å². The number of benzene rings is 1. The highest BCUT2D eigenvalue weighted by atomic mass is 16.4. The van der Waals surface area contributed by atoms with Crippen molar-refractivity contribution in [2.75, 3.05) is 6.54 Å². The maximum atomic E-state index is 11.9. The SMILES string of the molecule is Cc1cccc(C(NC(=O)NCCC(=O)O)C(C)(C)C)c1. The van der Waals surface area contributed by atoms with E-state index in [1.165, 1.54) is 0 Å². The van der Waals surface area contributed by atoms with Gasteiger partial charge in [-0.25, -0.2) is 4.79 Å². The lowest BCUT2D eigenvalue weighted by molar-refractivity contribution is -0.136. The lowest BCUT2D eigenvalue weighted by Crippen LogP contribution is -2.43. The molecule has 116 valence electrons. The lowest BCUT2D eigenvalue weighted by atomic mass is 9.82. The van der Waals surface area contributed by atoms with Crippen molar-refractivity contribution in [1.82, 2.24) is 10.6 Å². The molecule has 0 aliphatic carbocycles. The molecule has 2 amide bonds. The zero-order valence-corrected chi connectivity index (χ0v) is 13.1. The molecule has 0 spiro atoms. The molecule has 0 saturated heterocycles. The predicted octanol–water partition coefficient (Wildman–Crippen LogP) is 2.86. The van der Waals surface area contributed by atoms with Crippen molar-refractivity contribution in [2.45, 2.75) is 40.2 Å². The summed E-state index contributed by atoms with van der Waals surface area (Å²) >= 11 is 0. The summed E-state index contributed by atoms with van der Waals surface area (Å²) in [5.41, 5.74) is 2.02. The maximum absolute atomic E-state index is 11.9. The van der Waals surface area contributed by atoms with Gasteiger partial charge in [-0.05, 0) is 17.9 Å². The highest BCUT2D eigenvalue weighted by molar-refractivity contribution is 5.75. The van der Waals surface area contributed by atoms with Crippen LogP contribution >= 0.6 is 0 Å². The van der Waals surface area contributed by atoms with Crippen LogP contribution < -0.4 is 10.6 Å². The first-order valence-corrected chi connectivity index (χ1v) is 7.03. The Balaban J connectivity index is 2.76. The molecule has 0 fully saturated rings. The number of nitrogens with one attached hydrogen (secondary N) is 2. The van der Waals surface area contributed by atoms with Gasteiger partial charge >= 0.3 is 12.0 Å². The Kier molecular flexibility index (Phi) is 5.76. The van der Waals surface area contributed by atoms with E-state index in [4.69, 9.17) is 5.11 Å². The van der Waals surface area contributed by atoms with Gasteiger partial charge in [0.2, 0.25) is 0 Å². The molecule has 1 aromatic rings. The van der Waals surface area contributed by atoms with Gasteiger partial charge in [0.25, 0.3) is 0 Å². The van der Waals surface area contributed by atoms with E-state index in [2.05, 4.69) is 31.4 Å². The van der Waals surface area contributed by atoms with Crippen molar-refractivity contribution in [2.24, 2.45) is 5.41 Å². The van der Waals surface area contributed by atoms with Crippen LogP contribution in [0.2, 0.25) is 0 Å². The number of carboxylic acids is 1. The Hall–Kier alpha value is -2.04. The highest BCUT2D eigenvalue weighted by Crippen LogP contribution is 2.32. The zero-order valence-electron chi connectivity index (χ0n) is 13.1. The Morgan fingerprint density at radius 3 is 2.48 bits per heavy atom. The van der Waals surface area contributed by atoms with Crippen molar-refractivity contribution >= 4 is 12.0 Å². The van der Waals surface area contributed by atoms with Gasteiger partial charge in [-0.2, -0.15) is 0 Å². The summed E-state index contributed by atoms with van der Waals surface area (Å²) in [4.78, 5) is 22.4. The van der Waals surface area contributed by atoms with Gasteiger partial charge in [-0.15, -0.1) is 0 Å². The van der Waals surface area contributed by atoms with E-state index in [0.29, 0.717) is 0 Å². The minimum atomic E-state index is -0.929. The van der Waals surface area contributed by atoms with E-state index in [1.54, 1.807) is 0 Å². The summed E-state index contributed by atoms with van der Waals surface area (Å²) in [6, 6.07) is 7.51. The number of aliphatic carboxylic acids is 1. The Morgan fingerprint density at radius 1 is 1.29 bits per heavy atom. The van der Waals surface area contributed by atoms with E-state index in [-0.39, 0.29) is 30.5 Å². The summed E-state index contributed by atoms with van der Waals surface area (Å²) in [6.07, 6.45) is -0.0853. The number of aryl methyl sites for hydroxylation is 1. The number of carboxylic acid groups (broad SMARTS) is 1. The van der Waals surface area contributed by atoms with Gasteiger partial charge in [-0.3, -0.25) is 4.79 Å². The highest BCUT2D eigenvalue weighted by Gasteiger charge is 2.27. The molecule has 1 rings (SSSR count). The van der Waals surface area contributed by atoms with Crippen molar-refractivity contribution in [1.29, 1.82) is 0 Å². The van der Waals surface area contributed by atoms with Gasteiger partial charge in [0, 0.05) is 6.54 Å². The second-order valence-electron chi connectivity index (χ2n) is 6.26. The van der Waals surface area contributed by atoms with Crippen LogP contribution in [0.5, 0.6) is 0 Å². The number of rotatable bonds is 5. The summed E-state index contributed by atoms with van der Waals surface area (Å²) in [5, 5.41) is 14.1. The van der Waals surface area contributed by atoms with Crippen molar-refractivity contribution in [3.63, 3.8) is 0 Å². The van der Waals surface area contributed by atoms with Crippen LogP contribution in [0.4, 0.5) is 4.79 Å². The monoisotopic (exact) mass is 292 g/mol. The molecule has 0 aliphatic rings. The number of carbonyl (C=O) groups excluding carboxylic acids is 1. The minimum Gasteiger partial charge on any atom is -0.481 e. The molecule has 5 nitrogen and oxygen atoms in total. The molecule has 5 heteroatoms. The molecule has 1 aromatic carbocycles. The molecular weight excluding hydrogens is 268 g/mol. The van der Waals surface area contributed by atoms with Gasteiger partial charge in [0.1, 0.15) is 0 Å². The van der Waals surface area contributed by atoms with Crippen LogP contribution in [0.15, 0.2) is 24.3 Å². The molecule has 0 aliphatic heterocycles. The summed E-state index contributed by atoms with van der Waals surface area (Å²) in [6.45, 7) is 8.29. The molecule has 1 unspecified atom stereocenters. The van der Waals surface area contributed by atoms with E-state index in [0.717, 1.165) is 11.1 Å². The topological polar surface area (TPSA) is 78.4 Å². The first-order valence-electron chi connectivity index (χ1n) is 7.03. The fourth-order valence-electron chi connectivity index (χ4n) is 2.11. The standard InChI is InChI=1S/C16H24N2O3/c1-11-6-5-7-12(10-11)14(16(2,3)4)18-15(21)17-9-8-13(19)20/h5-7,10,14H,8-9H2,1-4H3,(H,19,20)(H2,17,18,21). The number of urea groups is 1. The fourth-order valence-corrected chi connectivity index (χ4v) is 2.11. The molecule has 0 heterocycles. The molecule has 0 bridgehead atoms. The average Bonchev–Trinajstić information content (AvgIpc) is 2.34. The van der Waals surface area contributed by atoms with Crippen LogP contribution in [0, 0.1) is 12.3 Å². The Bertz CT molecular complexity index is 506. The van der Waals surface area contributed by atoms with Crippen LogP contribution in [0.3, 0.4) is 0 Å². The second-order valence-corrected chi connectivity index (χ2v) is 6.26. The number of hydrogen-bond donors (Lipinski definition) is 3. The van der Waals surface area contributed by atoms with Crippen molar-refractivity contribution in [3.8, 4) is 0 Å². The van der Waals surface area contributed by atoms with Gasteiger partial charge in [-0.1, -0.05) is 50.6 Å². The predicted molar refractivity (Wildman–Crippen MR) is 82.2 cm³/mol. The van der Waals surface area contributed by atoms with E-state index >= 15 is 0 Å². The molecule has 0 aromatic heterocycles. The van der Waals surface area contributed by atoms with Gasteiger partial charge < -0.3 is 15.7 Å². The summed E-state index contributed by atoms with van der Waals surface area (Å²) < 4.78 is 0. The minimum absolute atomic E-state index is 0.0853. The normalized spacial score (nSPS) is 12.6. The largest absolute Gasteiger partial charge is 0.481 e. The molecule has 0 saturated carbocycles. The Labute approximate surface area is 125 Å². The first-order chi connectivity index (χ1) is 9.70. The summed E-state index contributed by atoms with van der Waals surface area (Å²) in [7, 11) is 0. The average molecular weight is 292 g/mol. The molecule has 0 radical (unpaired) electrons. The summed E-state index contributed by atoms with van der Waals surface area (Å²) in [5.74, 6) is -0.929. The van der Waals surface area contributed by atoms with Gasteiger partial charge in [0.05, 0.1) is 12.5 Å². The zero-order chi connectivity index (χ0) is 16.0. The first kappa shape index (κ1) is 17.0. The third-order valence-corrected chi connectivity index (χ3v) is 3.14. The second kappa shape index (κ2) is 7.11. The van der Waals surface area contributed by atoms with Crippen molar-refractivity contribution < 1.29 is 14.7 Å². The Morgan fingerprint density at radius 2 is 1.95 bits per heavy atom. The number of carbonyl (C=O) groups is 2. The number of amides is 2. The maximum Gasteiger partial charge on any atom is 0.315 e. The molecule has 1 atom stereocenters. The van der Waals surface area contributed by atoms with Crippen LogP contribution in [0.25, 0.3) is 0 Å². The van der Waals surface area contributed by atoms with E-state index in [1.807, 2.05) is 31.2 Å². The van der Waals surface area contributed by atoms with Crippen LogP contribution in [-0.4, -0.2) is 23.7 Å². The fraction of sp³-hybridized carbons (Fsp3) is 0.500. The third-order valence-electron chi connectivity index (χ3n) is 3.14. The molecule has 21 heavy (non-hydrogen) atoms. The van der Waals surface area contributed by atoms with Crippen molar-refractivity contribution in [3.05, 3.63) is 35.4 Å². The lowest BCUT2D eigenvalue weighted by Gasteiger charge is -2.32. The quantitative estimate of drug-likeness (QED) is 0.781. The third kappa shape index (κ3) is 5.85. The smallest absolute Gasteiger partial charge is 0.315 e. The van der Waals surface area contributed by atoms with Crippen LogP contribution in [-0.2, 0) is 4.79 Å². The number of hydrogen-bond acceptors (Lipinski definition) is 2.